The van der Waals surface area contributed by atoms with Gasteiger partial charge in [0.15, 0.2) is 0 Å². The van der Waals surface area contributed by atoms with Crippen LogP contribution < -0.4 is 0 Å². The number of benzene rings is 1. The summed E-state index contributed by atoms with van der Waals surface area (Å²) in [7, 11) is 0. The van der Waals surface area contributed by atoms with Crippen LogP contribution in [0.2, 0.25) is 0 Å². The van der Waals surface area contributed by atoms with Crippen LogP contribution in [0.15, 0.2) is 24.3 Å². The first-order chi connectivity index (χ1) is 12.8. The van der Waals surface area contributed by atoms with E-state index in [2.05, 4.69) is 13.8 Å². The second-order valence-corrected chi connectivity index (χ2v) is 6.98. The van der Waals surface area contributed by atoms with E-state index < -0.39 is 0 Å². The molecule has 0 unspecified atom stereocenters. The van der Waals surface area contributed by atoms with Gasteiger partial charge >= 0.3 is 5.97 Å². The zero-order valence-electron chi connectivity index (χ0n) is 16.9. The van der Waals surface area contributed by atoms with Crippen LogP contribution in [0, 0.1) is 0 Å². The second kappa shape index (κ2) is 15.9. The summed E-state index contributed by atoms with van der Waals surface area (Å²) < 4.78 is 11.0. The molecule has 3 heteroatoms. The lowest BCUT2D eigenvalue weighted by Crippen LogP contribution is -2.13. The van der Waals surface area contributed by atoms with Gasteiger partial charge in [0.25, 0.3) is 0 Å². The molecule has 1 aromatic carbocycles. The average molecular weight is 363 g/mol. The molecule has 0 bridgehead atoms. The monoisotopic (exact) mass is 362 g/mol. The third-order valence-electron chi connectivity index (χ3n) is 4.64. The first kappa shape index (κ1) is 22.7. The molecule has 0 aliphatic rings. The van der Waals surface area contributed by atoms with Crippen LogP contribution in [0.3, 0.4) is 0 Å². The van der Waals surface area contributed by atoms with Crippen molar-refractivity contribution in [2.75, 3.05) is 19.8 Å². The van der Waals surface area contributed by atoms with Gasteiger partial charge < -0.3 is 9.47 Å². The van der Waals surface area contributed by atoms with Crippen molar-refractivity contribution in [2.45, 2.75) is 84.5 Å². The van der Waals surface area contributed by atoms with Crippen molar-refractivity contribution in [1.29, 1.82) is 0 Å². The van der Waals surface area contributed by atoms with Gasteiger partial charge in [0.05, 0.1) is 12.2 Å². The Labute approximate surface area is 160 Å². The summed E-state index contributed by atoms with van der Waals surface area (Å²) in [5.41, 5.74) is 1.78. The molecule has 0 saturated heterocycles. The Morgan fingerprint density at radius 2 is 1.42 bits per heavy atom. The third-order valence-corrected chi connectivity index (χ3v) is 4.64. The Balaban J connectivity index is 2.05. The molecule has 0 aromatic heterocycles. The molecule has 0 aliphatic heterocycles. The molecule has 0 amide bonds. The third kappa shape index (κ3) is 10.6. The first-order valence-corrected chi connectivity index (χ1v) is 10.6. The fourth-order valence-corrected chi connectivity index (χ4v) is 3.02. The van der Waals surface area contributed by atoms with Gasteiger partial charge in [0.1, 0.15) is 6.61 Å². The molecule has 0 atom stereocenters. The number of unbranched alkanes of at least 4 members (excludes halogenated alkanes) is 8. The quantitative estimate of drug-likeness (QED) is 0.254. The highest BCUT2D eigenvalue weighted by molar-refractivity contribution is 5.91. The predicted molar refractivity (Wildman–Crippen MR) is 109 cm³/mol. The van der Waals surface area contributed by atoms with Crippen LogP contribution in [0.4, 0.5) is 0 Å². The van der Waals surface area contributed by atoms with E-state index in [1.54, 1.807) is 0 Å². The fourth-order valence-electron chi connectivity index (χ4n) is 3.02. The second-order valence-electron chi connectivity index (χ2n) is 6.98. The van der Waals surface area contributed by atoms with Crippen LogP contribution >= 0.6 is 0 Å². The number of esters is 1. The maximum absolute atomic E-state index is 12.2. The fraction of sp³-hybridized carbons (Fsp3) is 0.696. The molecule has 1 rings (SSSR count). The summed E-state index contributed by atoms with van der Waals surface area (Å²) in [6.07, 6.45) is 13.5. The van der Waals surface area contributed by atoms with E-state index in [4.69, 9.17) is 9.47 Å². The molecule has 0 spiro atoms. The summed E-state index contributed by atoms with van der Waals surface area (Å²) in [5, 5.41) is 0. The number of hydrogen-bond acceptors (Lipinski definition) is 3. The number of hydrogen-bond donors (Lipinski definition) is 0. The summed E-state index contributed by atoms with van der Waals surface area (Å²) in [6, 6.07) is 7.75. The Morgan fingerprint density at radius 3 is 2.15 bits per heavy atom. The predicted octanol–water partition coefficient (Wildman–Crippen LogP) is 6.34. The number of rotatable bonds is 16. The molecule has 0 N–H and O–H groups in total. The largest absolute Gasteiger partial charge is 0.460 e. The molecule has 148 valence electrons. The molecule has 0 fully saturated rings. The molecule has 3 nitrogen and oxygen atoms in total. The van der Waals surface area contributed by atoms with E-state index >= 15 is 0 Å². The number of aryl methyl sites for hydroxylation is 1. The van der Waals surface area contributed by atoms with Crippen molar-refractivity contribution in [1.82, 2.24) is 0 Å². The zero-order valence-corrected chi connectivity index (χ0v) is 16.9. The van der Waals surface area contributed by atoms with Gasteiger partial charge in [-0.25, -0.2) is 4.79 Å². The summed E-state index contributed by atoms with van der Waals surface area (Å²) >= 11 is 0. The van der Waals surface area contributed by atoms with E-state index in [0.717, 1.165) is 37.9 Å². The average Bonchev–Trinajstić information content (AvgIpc) is 2.67. The molecule has 0 saturated carbocycles. The van der Waals surface area contributed by atoms with E-state index in [1.165, 1.54) is 44.9 Å². The normalized spacial score (nSPS) is 10.8. The molecule has 0 radical (unpaired) electrons. The molecular weight excluding hydrogens is 324 g/mol. The lowest BCUT2D eigenvalue weighted by Gasteiger charge is -2.10. The first-order valence-electron chi connectivity index (χ1n) is 10.6. The Bertz CT molecular complexity index is 470. The number of ether oxygens (including phenoxy) is 2. The van der Waals surface area contributed by atoms with Gasteiger partial charge in [-0.2, -0.15) is 0 Å². The van der Waals surface area contributed by atoms with Crippen molar-refractivity contribution < 1.29 is 14.3 Å². The molecule has 1 aromatic rings. The molecular formula is C23H38O3. The Hall–Kier alpha value is -1.35. The standard InChI is InChI=1S/C23H38O3/c1-3-5-7-8-9-10-11-14-18-25-19-20-26-23(24)22-17-13-12-16-21(22)15-6-4-2/h12-13,16-17H,3-11,14-15,18-20H2,1-2H3. The van der Waals surface area contributed by atoms with Crippen LogP contribution in [-0.2, 0) is 15.9 Å². The minimum Gasteiger partial charge on any atom is -0.460 e. The number of carbonyl (C=O) groups is 1. The van der Waals surface area contributed by atoms with E-state index in [-0.39, 0.29) is 5.97 Å². The summed E-state index contributed by atoms with van der Waals surface area (Å²) in [4.78, 5) is 12.2. The van der Waals surface area contributed by atoms with Crippen molar-refractivity contribution in [3.8, 4) is 0 Å². The highest BCUT2D eigenvalue weighted by Gasteiger charge is 2.11. The zero-order chi connectivity index (χ0) is 18.9. The summed E-state index contributed by atoms with van der Waals surface area (Å²) in [5.74, 6) is -0.229. The van der Waals surface area contributed by atoms with Gasteiger partial charge in [-0.05, 0) is 30.9 Å². The molecule has 0 aliphatic carbocycles. The van der Waals surface area contributed by atoms with Crippen LogP contribution in [0.25, 0.3) is 0 Å². The van der Waals surface area contributed by atoms with Crippen LogP contribution in [0.1, 0.15) is 94.0 Å². The van der Waals surface area contributed by atoms with Gasteiger partial charge in [-0.1, -0.05) is 83.4 Å². The van der Waals surface area contributed by atoms with Gasteiger partial charge in [-0.3, -0.25) is 0 Å². The SMILES string of the molecule is CCCCCCCCCCOCCOC(=O)c1ccccc1CCCC. The number of carbonyl (C=O) groups excluding carboxylic acids is 1. The topological polar surface area (TPSA) is 35.5 Å². The Morgan fingerprint density at radius 1 is 0.769 bits per heavy atom. The van der Waals surface area contributed by atoms with Gasteiger partial charge in [-0.15, -0.1) is 0 Å². The van der Waals surface area contributed by atoms with E-state index in [0.29, 0.717) is 18.8 Å². The van der Waals surface area contributed by atoms with Gasteiger partial charge in [0.2, 0.25) is 0 Å². The highest BCUT2D eigenvalue weighted by Crippen LogP contribution is 2.13. The molecule has 26 heavy (non-hydrogen) atoms. The highest BCUT2D eigenvalue weighted by atomic mass is 16.6. The van der Waals surface area contributed by atoms with Crippen LogP contribution in [-0.4, -0.2) is 25.8 Å². The maximum atomic E-state index is 12.2. The maximum Gasteiger partial charge on any atom is 0.338 e. The van der Waals surface area contributed by atoms with Gasteiger partial charge in [0, 0.05) is 6.61 Å². The summed E-state index contributed by atoms with van der Waals surface area (Å²) in [6.45, 7) is 5.99. The van der Waals surface area contributed by atoms with E-state index in [9.17, 15) is 4.79 Å². The smallest absolute Gasteiger partial charge is 0.338 e. The minimum absolute atomic E-state index is 0.229. The van der Waals surface area contributed by atoms with Crippen LogP contribution in [0.5, 0.6) is 0 Å². The lowest BCUT2D eigenvalue weighted by molar-refractivity contribution is 0.0311. The Kier molecular flexibility index (Phi) is 13.8. The minimum atomic E-state index is -0.229. The van der Waals surface area contributed by atoms with Crippen molar-refractivity contribution in [2.24, 2.45) is 0 Å². The molecule has 0 heterocycles. The van der Waals surface area contributed by atoms with Crippen molar-refractivity contribution in [3.05, 3.63) is 35.4 Å². The lowest BCUT2D eigenvalue weighted by atomic mass is 10.0. The van der Waals surface area contributed by atoms with Crippen molar-refractivity contribution in [3.63, 3.8) is 0 Å². The van der Waals surface area contributed by atoms with E-state index in [1.807, 2.05) is 24.3 Å². The van der Waals surface area contributed by atoms with Crippen molar-refractivity contribution >= 4 is 5.97 Å².